The van der Waals surface area contributed by atoms with E-state index in [1.165, 1.54) is 22.5 Å². The van der Waals surface area contributed by atoms with Gasteiger partial charge < -0.3 is 10.2 Å². The Bertz CT molecular complexity index is 800. The van der Waals surface area contributed by atoms with Gasteiger partial charge in [-0.25, -0.2) is 8.42 Å². The van der Waals surface area contributed by atoms with Crippen LogP contribution in [0.5, 0.6) is 0 Å². The predicted molar refractivity (Wildman–Crippen MR) is 111 cm³/mol. The summed E-state index contributed by atoms with van der Waals surface area (Å²) < 4.78 is 27.2. The summed E-state index contributed by atoms with van der Waals surface area (Å²) in [6.45, 7) is 8.50. The molecule has 1 aliphatic heterocycles. The molecule has 1 aliphatic rings. The summed E-state index contributed by atoms with van der Waals surface area (Å²) in [7, 11) is 0.232. The van der Waals surface area contributed by atoms with Crippen molar-refractivity contribution in [3.63, 3.8) is 0 Å². The average molecular weight is 413 g/mol. The van der Waals surface area contributed by atoms with Crippen molar-refractivity contribution in [2.45, 2.75) is 38.5 Å². The number of rotatable bonds is 8. The minimum atomic E-state index is -3.72. The Morgan fingerprint density at radius 3 is 2.43 bits per heavy atom. The van der Waals surface area contributed by atoms with Crippen molar-refractivity contribution in [2.24, 2.45) is 11.3 Å². The smallest absolute Gasteiger partial charge is 0.293 e. The average Bonchev–Trinajstić information content (AvgIpc) is 2.59. The topological polar surface area (TPSA) is 95.8 Å². The fourth-order valence-electron chi connectivity index (χ4n) is 3.59. The second-order valence-electron chi connectivity index (χ2n) is 8.78. The fourth-order valence-corrected chi connectivity index (χ4v) is 5.08. The molecule has 1 aromatic rings. The summed E-state index contributed by atoms with van der Waals surface area (Å²) in [5.74, 6) is 0.498. The van der Waals surface area contributed by atoms with E-state index in [0.717, 1.165) is 19.4 Å². The van der Waals surface area contributed by atoms with E-state index >= 15 is 0 Å². The van der Waals surface area contributed by atoms with E-state index in [4.69, 9.17) is 0 Å². The van der Waals surface area contributed by atoms with E-state index in [1.54, 1.807) is 0 Å². The zero-order valence-electron chi connectivity index (χ0n) is 17.4. The molecule has 0 aliphatic carbocycles. The molecular formula is C19H32N4O4S. The van der Waals surface area contributed by atoms with Crippen molar-refractivity contribution in [1.82, 2.24) is 9.21 Å². The molecule has 2 rings (SSSR count). The Kier molecular flexibility index (Phi) is 7.06. The molecule has 0 unspecified atom stereocenters. The minimum Gasteiger partial charge on any atom is -0.379 e. The zero-order valence-corrected chi connectivity index (χ0v) is 18.3. The summed E-state index contributed by atoms with van der Waals surface area (Å²) in [6, 6.07) is 4.14. The van der Waals surface area contributed by atoms with Crippen molar-refractivity contribution >= 4 is 21.4 Å². The van der Waals surface area contributed by atoms with Gasteiger partial charge in [0.05, 0.1) is 9.82 Å². The van der Waals surface area contributed by atoms with E-state index in [1.807, 2.05) is 14.1 Å². The summed E-state index contributed by atoms with van der Waals surface area (Å²) in [6.07, 6.45) is 1.61. The van der Waals surface area contributed by atoms with Crippen LogP contribution in [0, 0.1) is 21.4 Å². The summed E-state index contributed by atoms with van der Waals surface area (Å²) >= 11 is 0. The largest absolute Gasteiger partial charge is 0.379 e. The minimum absolute atomic E-state index is 0.0214. The second kappa shape index (κ2) is 8.75. The maximum atomic E-state index is 12.9. The lowest BCUT2D eigenvalue weighted by Crippen LogP contribution is -2.37. The molecule has 9 heteroatoms. The molecule has 0 amide bonds. The van der Waals surface area contributed by atoms with Gasteiger partial charge in [0.2, 0.25) is 10.0 Å². The zero-order chi connectivity index (χ0) is 21.1. The van der Waals surface area contributed by atoms with Gasteiger partial charge in [-0.15, -0.1) is 0 Å². The number of nitrogens with one attached hydrogen (secondary N) is 1. The molecule has 1 heterocycles. The van der Waals surface area contributed by atoms with Crippen LogP contribution in [0.4, 0.5) is 11.4 Å². The SMILES string of the molecule is CC1CCN(S(=O)(=O)c2ccc(NCC(C)(C)CN(C)C)c([N+](=O)[O-])c2)CC1. The van der Waals surface area contributed by atoms with Gasteiger partial charge in [-0.2, -0.15) is 4.31 Å². The Morgan fingerprint density at radius 2 is 1.89 bits per heavy atom. The number of hydrogen-bond donors (Lipinski definition) is 1. The fraction of sp³-hybridized carbons (Fsp3) is 0.684. The third-order valence-corrected chi connectivity index (χ3v) is 6.94. The van der Waals surface area contributed by atoms with Gasteiger partial charge in [0, 0.05) is 32.2 Å². The third-order valence-electron chi connectivity index (χ3n) is 5.05. The standard InChI is InChI=1S/C19H32N4O4S/c1-15-8-10-22(11-9-15)28(26,27)16-6-7-17(18(12-16)23(24)25)20-13-19(2,3)14-21(4)5/h6-7,12,15,20H,8-11,13-14H2,1-5H3. The molecule has 0 saturated carbocycles. The monoisotopic (exact) mass is 412 g/mol. The molecule has 0 bridgehead atoms. The van der Waals surface area contributed by atoms with Crippen molar-refractivity contribution in [2.75, 3.05) is 45.6 Å². The highest BCUT2D eigenvalue weighted by Crippen LogP contribution is 2.31. The molecule has 1 N–H and O–H groups in total. The first-order chi connectivity index (χ1) is 12.9. The number of benzene rings is 1. The van der Waals surface area contributed by atoms with Crippen LogP contribution in [0.2, 0.25) is 0 Å². The van der Waals surface area contributed by atoms with Crippen LogP contribution in [0.25, 0.3) is 0 Å². The number of sulfonamides is 1. The first-order valence-electron chi connectivity index (χ1n) is 9.59. The van der Waals surface area contributed by atoms with Crippen LogP contribution in [0.3, 0.4) is 0 Å². The molecule has 0 aromatic heterocycles. The number of anilines is 1. The summed E-state index contributed by atoms with van der Waals surface area (Å²) in [5.41, 5.74) is 0.0160. The molecule has 0 spiro atoms. The van der Waals surface area contributed by atoms with E-state index in [9.17, 15) is 18.5 Å². The Hall–Kier alpha value is -1.71. The van der Waals surface area contributed by atoms with Crippen LogP contribution in [-0.2, 0) is 10.0 Å². The van der Waals surface area contributed by atoms with E-state index < -0.39 is 14.9 Å². The lowest BCUT2D eigenvalue weighted by Gasteiger charge is -2.30. The first-order valence-corrected chi connectivity index (χ1v) is 11.0. The molecule has 1 aromatic carbocycles. The quantitative estimate of drug-likeness (QED) is 0.521. The molecule has 28 heavy (non-hydrogen) atoms. The predicted octanol–water partition coefficient (Wildman–Crippen LogP) is 3.02. The van der Waals surface area contributed by atoms with Gasteiger partial charge in [0.1, 0.15) is 5.69 Å². The summed E-state index contributed by atoms with van der Waals surface area (Å²) in [4.78, 5) is 13.1. The maximum absolute atomic E-state index is 12.9. The highest BCUT2D eigenvalue weighted by Gasteiger charge is 2.30. The molecule has 0 radical (unpaired) electrons. The number of hydrogen-bond acceptors (Lipinski definition) is 6. The van der Waals surface area contributed by atoms with E-state index in [-0.39, 0.29) is 16.0 Å². The molecule has 0 atom stereocenters. The Morgan fingerprint density at radius 1 is 1.29 bits per heavy atom. The molecular weight excluding hydrogens is 380 g/mol. The van der Waals surface area contributed by atoms with Gasteiger partial charge in [0.25, 0.3) is 5.69 Å². The van der Waals surface area contributed by atoms with Gasteiger partial charge in [0.15, 0.2) is 0 Å². The number of nitrogens with zero attached hydrogens (tertiary/aromatic N) is 3. The molecule has 1 saturated heterocycles. The van der Waals surface area contributed by atoms with Crippen molar-refractivity contribution in [1.29, 1.82) is 0 Å². The lowest BCUT2D eigenvalue weighted by molar-refractivity contribution is -0.384. The van der Waals surface area contributed by atoms with Crippen molar-refractivity contribution < 1.29 is 13.3 Å². The molecule has 1 fully saturated rings. The maximum Gasteiger partial charge on any atom is 0.293 e. The number of nitro groups is 1. The van der Waals surface area contributed by atoms with Gasteiger partial charge >= 0.3 is 0 Å². The molecule has 158 valence electrons. The Labute approximate surface area is 168 Å². The van der Waals surface area contributed by atoms with Crippen LogP contribution in [0.1, 0.15) is 33.6 Å². The van der Waals surface area contributed by atoms with Gasteiger partial charge in [-0.05, 0) is 50.4 Å². The molecule has 8 nitrogen and oxygen atoms in total. The lowest BCUT2D eigenvalue weighted by atomic mass is 9.93. The first kappa shape index (κ1) is 22.6. The highest BCUT2D eigenvalue weighted by atomic mass is 32.2. The highest BCUT2D eigenvalue weighted by molar-refractivity contribution is 7.89. The van der Waals surface area contributed by atoms with Gasteiger partial charge in [-0.1, -0.05) is 20.8 Å². The van der Waals surface area contributed by atoms with Gasteiger partial charge in [-0.3, -0.25) is 10.1 Å². The van der Waals surface area contributed by atoms with E-state index in [0.29, 0.717) is 31.2 Å². The van der Waals surface area contributed by atoms with Crippen molar-refractivity contribution in [3.8, 4) is 0 Å². The van der Waals surface area contributed by atoms with Crippen LogP contribution in [0.15, 0.2) is 23.1 Å². The van der Waals surface area contributed by atoms with Crippen LogP contribution < -0.4 is 5.32 Å². The van der Waals surface area contributed by atoms with Crippen LogP contribution >= 0.6 is 0 Å². The van der Waals surface area contributed by atoms with Crippen LogP contribution in [-0.4, -0.2) is 62.8 Å². The Balaban J connectivity index is 2.24. The second-order valence-corrected chi connectivity index (χ2v) is 10.7. The number of nitro benzene ring substituents is 1. The normalized spacial score (nSPS) is 17.1. The third kappa shape index (κ3) is 5.65. The summed E-state index contributed by atoms with van der Waals surface area (Å²) in [5, 5.41) is 14.7. The van der Waals surface area contributed by atoms with E-state index in [2.05, 4.69) is 31.0 Å². The number of piperidine rings is 1. The van der Waals surface area contributed by atoms with Crippen molar-refractivity contribution in [3.05, 3.63) is 28.3 Å².